The molecule has 88 valence electrons. The molecule has 0 aliphatic rings. The second-order valence-corrected chi connectivity index (χ2v) is 8.04. The second kappa shape index (κ2) is 4.99. The first-order chi connectivity index (χ1) is 6.60. The van der Waals surface area contributed by atoms with Crippen LogP contribution in [0.4, 0.5) is 0 Å². The third-order valence-electron chi connectivity index (χ3n) is 2.00. The Balaban J connectivity index is 4.58. The van der Waals surface area contributed by atoms with Gasteiger partial charge >= 0.3 is 8.56 Å². The van der Waals surface area contributed by atoms with Gasteiger partial charge in [-0.2, -0.15) is 0 Å². The van der Waals surface area contributed by atoms with E-state index >= 15 is 0 Å². The third-order valence-corrected chi connectivity index (χ3v) is 4.34. The van der Waals surface area contributed by atoms with Crippen molar-refractivity contribution in [3.63, 3.8) is 0 Å². The van der Waals surface area contributed by atoms with Gasteiger partial charge in [-0.25, -0.2) is 0 Å². The van der Waals surface area contributed by atoms with Crippen molar-refractivity contribution < 1.29 is 8.85 Å². The summed E-state index contributed by atoms with van der Waals surface area (Å²) in [4.78, 5) is 0. The van der Waals surface area contributed by atoms with Crippen molar-refractivity contribution in [1.29, 1.82) is 0 Å². The lowest BCUT2D eigenvalue weighted by molar-refractivity contribution is 0.153. The summed E-state index contributed by atoms with van der Waals surface area (Å²) in [7, 11) is -2.29. The molecule has 0 N–H and O–H groups in total. The van der Waals surface area contributed by atoms with Gasteiger partial charge in [0.05, 0.1) is 5.76 Å². The average Bonchev–Trinajstić information content (AvgIpc) is 2.00. The number of hydrogen-bond donors (Lipinski definition) is 0. The highest BCUT2D eigenvalue weighted by Gasteiger charge is 2.34. The van der Waals surface area contributed by atoms with Gasteiger partial charge < -0.3 is 8.85 Å². The molecule has 0 fully saturated rings. The first-order valence-electron chi connectivity index (χ1n) is 5.30. The van der Waals surface area contributed by atoms with Crippen molar-refractivity contribution in [3.8, 4) is 0 Å². The summed E-state index contributed by atoms with van der Waals surface area (Å²) < 4.78 is 11.7. The second-order valence-electron chi connectivity index (χ2n) is 5.16. The van der Waals surface area contributed by atoms with Gasteiger partial charge in [-0.15, -0.1) is 6.58 Å². The SMILES string of the molecule is C=C[Si](C)(OC(=C)C(C)(C)C)OC(C)C. The molecule has 1 unspecified atom stereocenters. The molecule has 0 radical (unpaired) electrons. The summed E-state index contributed by atoms with van der Waals surface area (Å²) in [5.41, 5.74) is 1.74. The van der Waals surface area contributed by atoms with Crippen LogP contribution in [0.2, 0.25) is 6.55 Å². The minimum Gasteiger partial charge on any atom is -0.521 e. The maximum Gasteiger partial charge on any atom is 0.422 e. The summed E-state index contributed by atoms with van der Waals surface area (Å²) in [6.45, 7) is 19.9. The Morgan fingerprint density at radius 2 is 1.80 bits per heavy atom. The van der Waals surface area contributed by atoms with Crippen molar-refractivity contribution in [3.05, 3.63) is 24.6 Å². The Morgan fingerprint density at radius 3 is 2.07 bits per heavy atom. The highest BCUT2D eigenvalue weighted by molar-refractivity contribution is 6.71. The van der Waals surface area contributed by atoms with E-state index in [0.29, 0.717) is 0 Å². The molecule has 0 saturated carbocycles. The summed E-state index contributed by atoms with van der Waals surface area (Å²) >= 11 is 0. The van der Waals surface area contributed by atoms with Crippen molar-refractivity contribution in [2.24, 2.45) is 5.41 Å². The normalized spacial score (nSPS) is 15.9. The fourth-order valence-electron chi connectivity index (χ4n) is 0.980. The van der Waals surface area contributed by atoms with E-state index in [0.717, 1.165) is 5.76 Å². The Labute approximate surface area is 95.2 Å². The minimum atomic E-state index is -2.29. The molecule has 0 aromatic carbocycles. The summed E-state index contributed by atoms with van der Waals surface area (Å²) in [6, 6.07) is 0. The van der Waals surface area contributed by atoms with E-state index in [1.54, 1.807) is 5.70 Å². The zero-order valence-corrected chi connectivity index (χ0v) is 11.9. The molecule has 0 amide bonds. The summed E-state index contributed by atoms with van der Waals surface area (Å²) in [5, 5.41) is 0. The third kappa shape index (κ3) is 5.19. The molecular weight excluding hydrogens is 204 g/mol. The molecule has 3 heteroatoms. The van der Waals surface area contributed by atoms with Crippen LogP contribution in [0.5, 0.6) is 0 Å². The standard InChI is InChI=1S/C12H24O2Si/c1-9-15(8,13-10(2)3)14-11(4)12(5,6)7/h9-10H,1,4H2,2-3,5-8H3. The van der Waals surface area contributed by atoms with Crippen LogP contribution in [-0.4, -0.2) is 14.7 Å². The van der Waals surface area contributed by atoms with Crippen LogP contribution in [-0.2, 0) is 8.85 Å². The highest BCUT2D eigenvalue weighted by atomic mass is 28.4. The first kappa shape index (κ1) is 14.5. The van der Waals surface area contributed by atoms with E-state index in [1.165, 1.54) is 0 Å². The van der Waals surface area contributed by atoms with Gasteiger partial charge in [0.25, 0.3) is 0 Å². The number of allylic oxidation sites excluding steroid dienone is 1. The molecule has 0 heterocycles. The average molecular weight is 228 g/mol. The molecular formula is C12H24O2Si. The van der Waals surface area contributed by atoms with E-state index in [2.05, 4.69) is 33.9 Å². The largest absolute Gasteiger partial charge is 0.521 e. The van der Waals surface area contributed by atoms with Crippen LogP contribution >= 0.6 is 0 Å². The van der Waals surface area contributed by atoms with E-state index < -0.39 is 8.56 Å². The quantitative estimate of drug-likeness (QED) is 0.526. The van der Waals surface area contributed by atoms with Crippen LogP contribution in [0.25, 0.3) is 0 Å². The van der Waals surface area contributed by atoms with E-state index in [9.17, 15) is 0 Å². The lowest BCUT2D eigenvalue weighted by atomic mass is 9.95. The summed E-state index contributed by atoms with van der Waals surface area (Å²) in [5.74, 6) is 0.761. The Kier molecular flexibility index (Phi) is 4.81. The smallest absolute Gasteiger partial charge is 0.422 e. The molecule has 0 aliphatic carbocycles. The Bertz CT molecular complexity index is 240. The lowest BCUT2D eigenvalue weighted by Crippen LogP contribution is -2.40. The lowest BCUT2D eigenvalue weighted by Gasteiger charge is -2.32. The van der Waals surface area contributed by atoms with Gasteiger partial charge in [0.1, 0.15) is 0 Å². The predicted molar refractivity (Wildman–Crippen MR) is 67.7 cm³/mol. The molecule has 2 nitrogen and oxygen atoms in total. The zero-order chi connectivity index (χ0) is 12.3. The van der Waals surface area contributed by atoms with Crippen LogP contribution in [0, 0.1) is 5.41 Å². The van der Waals surface area contributed by atoms with Gasteiger partial charge in [-0.05, 0) is 26.1 Å². The summed E-state index contributed by atoms with van der Waals surface area (Å²) in [6.07, 6.45) is 0.146. The van der Waals surface area contributed by atoms with E-state index in [-0.39, 0.29) is 11.5 Å². The van der Waals surface area contributed by atoms with Crippen LogP contribution in [0.1, 0.15) is 34.6 Å². The fraction of sp³-hybridized carbons (Fsp3) is 0.667. The monoisotopic (exact) mass is 228 g/mol. The van der Waals surface area contributed by atoms with E-state index in [1.807, 2.05) is 20.4 Å². The maximum atomic E-state index is 5.87. The maximum absolute atomic E-state index is 5.87. The molecule has 0 aliphatic heterocycles. The molecule has 0 rings (SSSR count). The zero-order valence-electron chi connectivity index (χ0n) is 10.9. The van der Waals surface area contributed by atoms with Gasteiger partial charge in [-0.3, -0.25) is 0 Å². The number of rotatable bonds is 5. The van der Waals surface area contributed by atoms with Crippen LogP contribution in [0.3, 0.4) is 0 Å². The van der Waals surface area contributed by atoms with Gasteiger partial charge in [0, 0.05) is 11.5 Å². The molecule has 0 saturated heterocycles. The van der Waals surface area contributed by atoms with Crippen molar-refractivity contribution in [2.45, 2.75) is 47.3 Å². The van der Waals surface area contributed by atoms with Crippen molar-refractivity contribution in [1.82, 2.24) is 0 Å². The fourth-order valence-corrected chi connectivity index (χ4v) is 2.94. The highest BCUT2D eigenvalue weighted by Crippen LogP contribution is 2.28. The van der Waals surface area contributed by atoms with Crippen molar-refractivity contribution in [2.75, 3.05) is 0 Å². The van der Waals surface area contributed by atoms with Gasteiger partial charge in [0.15, 0.2) is 0 Å². The molecule has 1 atom stereocenters. The topological polar surface area (TPSA) is 18.5 Å². The molecule has 0 aromatic rings. The van der Waals surface area contributed by atoms with Gasteiger partial charge in [-0.1, -0.05) is 27.4 Å². The molecule has 0 aromatic heterocycles. The Morgan fingerprint density at radius 1 is 1.33 bits per heavy atom. The Hall–Kier alpha value is -0.543. The molecule has 15 heavy (non-hydrogen) atoms. The number of hydrogen-bond acceptors (Lipinski definition) is 2. The minimum absolute atomic E-state index is 0.0579. The molecule has 0 spiro atoms. The van der Waals surface area contributed by atoms with Gasteiger partial charge in [0.2, 0.25) is 0 Å². The predicted octanol–water partition coefficient (Wildman–Crippen LogP) is 3.79. The van der Waals surface area contributed by atoms with Crippen molar-refractivity contribution >= 4 is 8.56 Å². The van der Waals surface area contributed by atoms with Crippen LogP contribution in [0.15, 0.2) is 24.6 Å². The van der Waals surface area contributed by atoms with E-state index in [4.69, 9.17) is 8.85 Å². The van der Waals surface area contributed by atoms with Crippen LogP contribution < -0.4 is 0 Å². The molecule has 0 bridgehead atoms. The first-order valence-corrected chi connectivity index (χ1v) is 7.70.